The van der Waals surface area contributed by atoms with Crippen LogP contribution in [0, 0.1) is 0 Å². The van der Waals surface area contributed by atoms with Crippen LogP contribution in [0.4, 0.5) is 5.69 Å². The smallest absolute Gasteiger partial charge is 0.224 e. The summed E-state index contributed by atoms with van der Waals surface area (Å²) in [7, 11) is 0. The first kappa shape index (κ1) is 12.5. The van der Waals surface area contributed by atoms with Crippen LogP contribution < -0.4 is 11.1 Å². The lowest BCUT2D eigenvalue weighted by Crippen LogP contribution is -2.11. The molecule has 0 aliphatic carbocycles. The molecule has 4 heteroatoms. The fourth-order valence-corrected chi connectivity index (χ4v) is 1.40. The Labute approximate surface area is 95.5 Å². The van der Waals surface area contributed by atoms with E-state index >= 15 is 0 Å². The molecule has 0 unspecified atom stereocenters. The standard InChI is InChI=1S/C12H18N2O2/c13-9-5-1-2-8-12(16)14-10-6-3-4-7-11(10)15/h3-4,6-7,15H,1-2,5,8-9,13H2,(H,14,16). The highest BCUT2D eigenvalue weighted by Crippen LogP contribution is 2.21. The third-order valence-corrected chi connectivity index (χ3v) is 2.29. The van der Waals surface area contributed by atoms with Gasteiger partial charge < -0.3 is 16.2 Å². The second-order valence-corrected chi connectivity index (χ2v) is 3.66. The van der Waals surface area contributed by atoms with Crippen LogP contribution >= 0.6 is 0 Å². The summed E-state index contributed by atoms with van der Waals surface area (Å²) in [5.41, 5.74) is 5.82. The SMILES string of the molecule is NCCCCCC(=O)Nc1ccccc1O. The van der Waals surface area contributed by atoms with Gasteiger partial charge in [-0.25, -0.2) is 0 Å². The molecule has 1 aromatic carbocycles. The largest absolute Gasteiger partial charge is 0.506 e. The van der Waals surface area contributed by atoms with Gasteiger partial charge in [-0.2, -0.15) is 0 Å². The van der Waals surface area contributed by atoms with Crippen molar-refractivity contribution in [3.05, 3.63) is 24.3 Å². The highest BCUT2D eigenvalue weighted by Gasteiger charge is 2.04. The van der Waals surface area contributed by atoms with E-state index in [9.17, 15) is 9.90 Å². The average Bonchev–Trinajstić information content (AvgIpc) is 2.28. The summed E-state index contributed by atoms with van der Waals surface area (Å²) >= 11 is 0. The molecule has 4 N–H and O–H groups in total. The fourth-order valence-electron chi connectivity index (χ4n) is 1.40. The van der Waals surface area contributed by atoms with Crippen LogP contribution in [0.15, 0.2) is 24.3 Å². The van der Waals surface area contributed by atoms with E-state index in [1.165, 1.54) is 0 Å². The summed E-state index contributed by atoms with van der Waals surface area (Å²) in [6.45, 7) is 0.668. The van der Waals surface area contributed by atoms with E-state index in [0.29, 0.717) is 18.7 Å². The third kappa shape index (κ3) is 4.31. The van der Waals surface area contributed by atoms with Gasteiger partial charge in [-0.05, 0) is 31.5 Å². The number of benzene rings is 1. The Kier molecular flexibility index (Phi) is 5.36. The second kappa shape index (κ2) is 6.85. The zero-order valence-electron chi connectivity index (χ0n) is 9.28. The fraction of sp³-hybridized carbons (Fsp3) is 0.417. The van der Waals surface area contributed by atoms with E-state index in [1.54, 1.807) is 24.3 Å². The number of hydrogen-bond acceptors (Lipinski definition) is 3. The summed E-state index contributed by atoms with van der Waals surface area (Å²) < 4.78 is 0. The number of hydrogen-bond donors (Lipinski definition) is 3. The van der Waals surface area contributed by atoms with Crippen LogP contribution in [0.5, 0.6) is 5.75 Å². The molecule has 0 spiro atoms. The number of rotatable bonds is 6. The Morgan fingerprint density at radius 3 is 2.69 bits per heavy atom. The molecule has 1 aromatic rings. The molecule has 0 fully saturated rings. The normalized spacial score (nSPS) is 10.1. The Morgan fingerprint density at radius 1 is 1.25 bits per heavy atom. The molecule has 4 nitrogen and oxygen atoms in total. The molecule has 0 aromatic heterocycles. The quantitative estimate of drug-likeness (QED) is 0.508. The molecule has 88 valence electrons. The van der Waals surface area contributed by atoms with Gasteiger partial charge in [0.25, 0.3) is 0 Å². The molecule has 1 rings (SSSR count). The summed E-state index contributed by atoms with van der Waals surface area (Å²) in [4.78, 5) is 11.5. The van der Waals surface area contributed by atoms with Crippen molar-refractivity contribution in [1.29, 1.82) is 0 Å². The van der Waals surface area contributed by atoms with Crippen molar-refractivity contribution in [3.63, 3.8) is 0 Å². The summed E-state index contributed by atoms with van der Waals surface area (Å²) in [5.74, 6) is 0.0244. The minimum absolute atomic E-state index is 0.0708. The molecule has 0 bridgehead atoms. The van der Waals surface area contributed by atoms with Gasteiger partial charge in [0.2, 0.25) is 5.91 Å². The third-order valence-electron chi connectivity index (χ3n) is 2.29. The number of para-hydroxylation sites is 2. The predicted molar refractivity (Wildman–Crippen MR) is 64.3 cm³/mol. The van der Waals surface area contributed by atoms with Crippen molar-refractivity contribution in [2.45, 2.75) is 25.7 Å². The van der Waals surface area contributed by atoms with Crippen molar-refractivity contribution >= 4 is 11.6 Å². The van der Waals surface area contributed by atoms with Gasteiger partial charge in [-0.3, -0.25) is 4.79 Å². The van der Waals surface area contributed by atoms with E-state index in [1.807, 2.05) is 0 Å². The van der Waals surface area contributed by atoms with E-state index in [-0.39, 0.29) is 11.7 Å². The first-order valence-corrected chi connectivity index (χ1v) is 5.52. The maximum atomic E-state index is 11.5. The number of phenols is 1. The van der Waals surface area contributed by atoms with Crippen molar-refractivity contribution in [3.8, 4) is 5.75 Å². The molecule has 16 heavy (non-hydrogen) atoms. The number of phenolic OH excluding ortho intramolecular Hbond substituents is 1. The number of carbonyl (C=O) groups excluding carboxylic acids is 1. The first-order valence-electron chi connectivity index (χ1n) is 5.52. The van der Waals surface area contributed by atoms with Crippen LogP contribution in [0.1, 0.15) is 25.7 Å². The number of amides is 1. The zero-order chi connectivity index (χ0) is 11.8. The Bertz CT molecular complexity index is 340. The van der Waals surface area contributed by atoms with Gasteiger partial charge in [-0.15, -0.1) is 0 Å². The molecule has 1 amide bonds. The molecule has 0 aliphatic rings. The number of aromatic hydroxyl groups is 1. The Balaban J connectivity index is 2.32. The number of nitrogens with one attached hydrogen (secondary N) is 1. The van der Waals surface area contributed by atoms with Gasteiger partial charge in [0.05, 0.1) is 5.69 Å². The monoisotopic (exact) mass is 222 g/mol. The van der Waals surface area contributed by atoms with Gasteiger partial charge >= 0.3 is 0 Å². The maximum absolute atomic E-state index is 11.5. The topological polar surface area (TPSA) is 75.4 Å². The minimum atomic E-state index is -0.0708. The highest BCUT2D eigenvalue weighted by molar-refractivity contribution is 5.92. The van der Waals surface area contributed by atoms with Crippen LogP contribution in [0.25, 0.3) is 0 Å². The molecule has 0 aliphatic heterocycles. The lowest BCUT2D eigenvalue weighted by Gasteiger charge is -2.06. The van der Waals surface area contributed by atoms with Crippen LogP contribution in [-0.2, 0) is 4.79 Å². The van der Waals surface area contributed by atoms with Crippen molar-refractivity contribution < 1.29 is 9.90 Å². The molecule has 0 saturated carbocycles. The lowest BCUT2D eigenvalue weighted by atomic mass is 10.2. The Hall–Kier alpha value is -1.55. The van der Waals surface area contributed by atoms with E-state index < -0.39 is 0 Å². The van der Waals surface area contributed by atoms with Gasteiger partial charge in [-0.1, -0.05) is 18.6 Å². The number of nitrogens with two attached hydrogens (primary N) is 1. The summed E-state index contributed by atoms with van der Waals surface area (Å²) in [6, 6.07) is 6.70. The molecular weight excluding hydrogens is 204 g/mol. The highest BCUT2D eigenvalue weighted by atomic mass is 16.3. The maximum Gasteiger partial charge on any atom is 0.224 e. The number of unbranched alkanes of at least 4 members (excludes halogenated alkanes) is 2. The number of carbonyl (C=O) groups is 1. The number of anilines is 1. The minimum Gasteiger partial charge on any atom is -0.506 e. The predicted octanol–water partition coefficient (Wildman–Crippen LogP) is 1.85. The Morgan fingerprint density at radius 2 is 2.00 bits per heavy atom. The summed E-state index contributed by atoms with van der Waals surface area (Å²) in [5, 5.41) is 12.1. The molecular formula is C12H18N2O2. The average molecular weight is 222 g/mol. The molecule has 0 saturated heterocycles. The molecule has 0 heterocycles. The van der Waals surface area contributed by atoms with Crippen molar-refractivity contribution in [2.24, 2.45) is 5.73 Å². The van der Waals surface area contributed by atoms with Gasteiger partial charge in [0, 0.05) is 6.42 Å². The van der Waals surface area contributed by atoms with Crippen LogP contribution in [-0.4, -0.2) is 17.6 Å². The summed E-state index contributed by atoms with van der Waals surface area (Å²) in [6.07, 6.45) is 3.21. The van der Waals surface area contributed by atoms with Crippen LogP contribution in [0.2, 0.25) is 0 Å². The molecule has 0 atom stereocenters. The second-order valence-electron chi connectivity index (χ2n) is 3.66. The van der Waals surface area contributed by atoms with E-state index in [4.69, 9.17) is 5.73 Å². The van der Waals surface area contributed by atoms with Crippen LogP contribution in [0.3, 0.4) is 0 Å². The van der Waals surface area contributed by atoms with E-state index in [2.05, 4.69) is 5.32 Å². The lowest BCUT2D eigenvalue weighted by molar-refractivity contribution is -0.116. The van der Waals surface area contributed by atoms with Gasteiger partial charge in [0.15, 0.2) is 0 Å². The first-order chi connectivity index (χ1) is 7.74. The van der Waals surface area contributed by atoms with Crippen molar-refractivity contribution in [2.75, 3.05) is 11.9 Å². The molecule has 0 radical (unpaired) electrons. The van der Waals surface area contributed by atoms with E-state index in [0.717, 1.165) is 19.3 Å². The zero-order valence-corrected chi connectivity index (χ0v) is 9.28. The van der Waals surface area contributed by atoms with Gasteiger partial charge in [0.1, 0.15) is 5.75 Å². The van der Waals surface area contributed by atoms with Crippen molar-refractivity contribution in [1.82, 2.24) is 0 Å².